The van der Waals surface area contributed by atoms with E-state index in [9.17, 15) is 14.4 Å². The molecular weight excluding hydrogens is 314 g/mol. The van der Waals surface area contributed by atoms with Crippen molar-refractivity contribution in [2.45, 2.75) is 38.4 Å². The van der Waals surface area contributed by atoms with E-state index in [1.54, 1.807) is 0 Å². The number of carbonyl (C=O) groups is 3. The van der Waals surface area contributed by atoms with E-state index in [0.717, 1.165) is 0 Å². The van der Waals surface area contributed by atoms with Gasteiger partial charge in [0.2, 0.25) is 11.8 Å². The van der Waals surface area contributed by atoms with Crippen molar-refractivity contribution in [1.82, 2.24) is 10.2 Å². The first-order valence-corrected chi connectivity index (χ1v) is 7.99. The molecule has 0 saturated carbocycles. The van der Waals surface area contributed by atoms with Gasteiger partial charge in [-0.2, -0.15) is 25.3 Å². The monoisotopic (exact) mass is 337 g/mol. The fourth-order valence-corrected chi connectivity index (χ4v) is 2.07. The SMILES string of the molecule is CC.NC(CS)C(=O)N1CCC1C(=O)NC(CS)C(=O)O. The van der Waals surface area contributed by atoms with Crippen LogP contribution in [-0.2, 0) is 14.4 Å². The average molecular weight is 337 g/mol. The number of amides is 2. The molecule has 2 amide bonds. The molecule has 0 bridgehead atoms. The Labute approximate surface area is 135 Å². The number of thiol groups is 2. The maximum absolute atomic E-state index is 11.9. The topological polar surface area (TPSA) is 113 Å². The van der Waals surface area contributed by atoms with Crippen molar-refractivity contribution in [2.75, 3.05) is 18.1 Å². The lowest BCUT2D eigenvalue weighted by Gasteiger charge is -2.41. The molecule has 0 aliphatic carbocycles. The zero-order chi connectivity index (χ0) is 16.6. The molecule has 0 aromatic rings. The van der Waals surface area contributed by atoms with Gasteiger partial charge in [0, 0.05) is 18.1 Å². The fraction of sp³-hybridized carbons (Fsp3) is 0.750. The van der Waals surface area contributed by atoms with E-state index >= 15 is 0 Å². The second-order valence-corrected chi connectivity index (χ2v) is 4.94. The highest BCUT2D eigenvalue weighted by atomic mass is 32.1. The van der Waals surface area contributed by atoms with Crippen LogP contribution in [0.3, 0.4) is 0 Å². The van der Waals surface area contributed by atoms with Crippen LogP contribution < -0.4 is 11.1 Å². The lowest BCUT2D eigenvalue weighted by molar-refractivity contribution is -0.149. The minimum absolute atomic E-state index is 0.0160. The molecule has 7 nitrogen and oxygen atoms in total. The summed E-state index contributed by atoms with van der Waals surface area (Å²) in [7, 11) is 0. The predicted molar refractivity (Wildman–Crippen MR) is 86.7 cm³/mol. The second-order valence-electron chi connectivity index (χ2n) is 4.21. The Kier molecular flexibility index (Phi) is 9.47. The third kappa shape index (κ3) is 5.40. The van der Waals surface area contributed by atoms with Crippen molar-refractivity contribution < 1.29 is 19.5 Å². The molecule has 9 heteroatoms. The normalized spacial score (nSPS) is 19.5. The van der Waals surface area contributed by atoms with Gasteiger partial charge in [-0.05, 0) is 6.42 Å². The lowest BCUT2D eigenvalue weighted by atomic mass is 10.0. The number of carboxylic acids is 1. The lowest BCUT2D eigenvalue weighted by Crippen LogP contribution is -2.63. The predicted octanol–water partition coefficient (Wildman–Crippen LogP) is -0.630. The van der Waals surface area contributed by atoms with E-state index in [2.05, 4.69) is 30.6 Å². The van der Waals surface area contributed by atoms with Gasteiger partial charge in [-0.25, -0.2) is 4.79 Å². The number of hydrogen-bond acceptors (Lipinski definition) is 6. The van der Waals surface area contributed by atoms with Gasteiger partial charge >= 0.3 is 5.97 Å². The van der Waals surface area contributed by atoms with Crippen molar-refractivity contribution in [1.29, 1.82) is 0 Å². The highest BCUT2D eigenvalue weighted by Crippen LogP contribution is 2.18. The maximum Gasteiger partial charge on any atom is 0.327 e. The smallest absolute Gasteiger partial charge is 0.327 e. The van der Waals surface area contributed by atoms with Gasteiger partial charge in [0.15, 0.2) is 0 Å². The molecule has 1 rings (SSSR count). The van der Waals surface area contributed by atoms with Crippen LogP contribution in [0.1, 0.15) is 20.3 Å². The Morgan fingerprint density at radius 3 is 2.24 bits per heavy atom. The summed E-state index contributed by atoms with van der Waals surface area (Å²) < 4.78 is 0. The number of nitrogens with zero attached hydrogens (tertiary/aromatic N) is 1. The summed E-state index contributed by atoms with van der Waals surface area (Å²) >= 11 is 7.78. The minimum atomic E-state index is -1.16. The molecule has 0 radical (unpaired) electrons. The molecular formula is C12H23N3O4S2. The Balaban J connectivity index is 0.00000191. The number of nitrogens with two attached hydrogens (primary N) is 1. The molecule has 0 aromatic carbocycles. The van der Waals surface area contributed by atoms with Crippen molar-refractivity contribution >= 4 is 43.0 Å². The van der Waals surface area contributed by atoms with Crippen LogP contribution in [0.25, 0.3) is 0 Å². The third-order valence-corrected chi connectivity index (χ3v) is 3.67. The molecule has 0 spiro atoms. The first-order chi connectivity index (χ1) is 9.92. The number of carboxylic acid groups (broad SMARTS) is 1. The second kappa shape index (κ2) is 9.91. The third-order valence-electron chi connectivity index (χ3n) is 2.92. The number of carbonyl (C=O) groups excluding carboxylic acids is 2. The van der Waals surface area contributed by atoms with Crippen LogP contribution >= 0.6 is 25.3 Å². The molecule has 122 valence electrons. The minimum Gasteiger partial charge on any atom is -0.480 e. The summed E-state index contributed by atoms with van der Waals surface area (Å²) in [5.74, 6) is -1.82. The van der Waals surface area contributed by atoms with Gasteiger partial charge in [-0.15, -0.1) is 0 Å². The Bertz CT molecular complexity index is 382. The quantitative estimate of drug-likeness (QED) is 0.414. The number of hydrogen-bond donors (Lipinski definition) is 5. The zero-order valence-electron chi connectivity index (χ0n) is 12.2. The van der Waals surface area contributed by atoms with Crippen LogP contribution in [0.2, 0.25) is 0 Å². The number of likely N-dealkylation sites (tertiary alicyclic amines) is 1. The summed E-state index contributed by atoms with van der Waals surface area (Å²) in [4.78, 5) is 35.8. The highest BCUT2D eigenvalue weighted by molar-refractivity contribution is 7.80. The van der Waals surface area contributed by atoms with Gasteiger partial charge in [0.25, 0.3) is 0 Å². The Hall–Kier alpha value is -0.930. The molecule has 1 aliphatic heterocycles. The molecule has 3 atom stereocenters. The molecule has 4 N–H and O–H groups in total. The first kappa shape index (κ1) is 20.1. The van der Waals surface area contributed by atoms with Gasteiger partial charge in [-0.3, -0.25) is 9.59 Å². The van der Waals surface area contributed by atoms with E-state index in [1.165, 1.54) is 4.90 Å². The van der Waals surface area contributed by atoms with E-state index in [-0.39, 0.29) is 17.4 Å². The fourth-order valence-electron chi connectivity index (χ4n) is 1.67. The summed E-state index contributed by atoms with van der Waals surface area (Å²) in [5.41, 5.74) is 5.56. The molecule has 1 heterocycles. The van der Waals surface area contributed by atoms with E-state index < -0.39 is 30.0 Å². The van der Waals surface area contributed by atoms with Crippen molar-refractivity contribution in [3.8, 4) is 0 Å². The van der Waals surface area contributed by atoms with Crippen LogP contribution in [0.15, 0.2) is 0 Å². The Morgan fingerprint density at radius 2 is 1.90 bits per heavy atom. The van der Waals surface area contributed by atoms with Crippen molar-refractivity contribution in [2.24, 2.45) is 5.73 Å². The zero-order valence-corrected chi connectivity index (χ0v) is 13.9. The maximum atomic E-state index is 11.9. The molecule has 1 fully saturated rings. The summed E-state index contributed by atoms with van der Waals surface area (Å²) in [6, 6.07) is -2.47. The van der Waals surface area contributed by atoms with E-state index in [4.69, 9.17) is 10.8 Å². The molecule has 21 heavy (non-hydrogen) atoms. The van der Waals surface area contributed by atoms with Crippen LogP contribution in [0.5, 0.6) is 0 Å². The van der Waals surface area contributed by atoms with Gasteiger partial charge in [0.1, 0.15) is 12.1 Å². The summed E-state index contributed by atoms with van der Waals surface area (Å²) in [5, 5.41) is 11.2. The van der Waals surface area contributed by atoms with E-state index in [0.29, 0.717) is 13.0 Å². The van der Waals surface area contributed by atoms with Gasteiger partial charge < -0.3 is 21.1 Å². The summed E-state index contributed by atoms with van der Waals surface area (Å²) in [6.07, 6.45) is 0.496. The Morgan fingerprint density at radius 1 is 1.33 bits per heavy atom. The molecule has 3 unspecified atom stereocenters. The standard InChI is InChI=1S/C10H17N3O4S2.C2H6/c11-5(3-18)9(15)13-2-1-7(13)8(14)12-6(4-19)10(16)17;1-2/h5-7,18-19H,1-4,11H2,(H,12,14)(H,16,17);1-2H3. The highest BCUT2D eigenvalue weighted by Gasteiger charge is 2.40. The van der Waals surface area contributed by atoms with Gasteiger partial charge in [-0.1, -0.05) is 13.8 Å². The average Bonchev–Trinajstić information content (AvgIpc) is 2.44. The number of rotatable bonds is 6. The van der Waals surface area contributed by atoms with Crippen LogP contribution in [-0.4, -0.2) is 64.0 Å². The van der Waals surface area contributed by atoms with Crippen LogP contribution in [0.4, 0.5) is 0 Å². The van der Waals surface area contributed by atoms with Crippen molar-refractivity contribution in [3.63, 3.8) is 0 Å². The molecule has 0 aromatic heterocycles. The molecule has 1 saturated heterocycles. The molecule has 1 aliphatic rings. The first-order valence-electron chi connectivity index (χ1n) is 6.73. The number of aliphatic carboxylic acids is 1. The van der Waals surface area contributed by atoms with Crippen LogP contribution in [0, 0.1) is 0 Å². The van der Waals surface area contributed by atoms with Gasteiger partial charge in [0.05, 0.1) is 6.04 Å². The van der Waals surface area contributed by atoms with E-state index in [1.807, 2.05) is 13.8 Å². The largest absolute Gasteiger partial charge is 0.480 e. The van der Waals surface area contributed by atoms with Crippen molar-refractivity contribution in [3.05, 3.63) is 0 Å². The summed E-state index contributed by atoms with van der Waals surface area (Å²) in [6.45, 7) is 4.44. The number of nitrogens with one attached hydrogen (secondary N) is 1.